The lowest BCUT2D eigenvalue weighted by molar-refractivity contribution is 1.26. The fourth-order valence-corrected chi connectivity index (χ4v) is 1.37. The summed E-state index contributed by atoms with van der Waals surface area (Å²) in [6, 6.07) is 10.5. The molecule has 0 atom stereocenters. The summed E-state index contributed by atoms with van der Waals surface area (Å²) in [4.78, 5) is 0. The van der Waals surface area contributed by atoms with Gasteiger partial charge >= 0.3 is 0 Å². The van der Waals surface area contributed by atoms with Gasteiger partial charge in [-0.2, -0.15) is 0 Å². The Morgan fingerprint density at radius 1 is 0.923 bits per heavy atom. The Morgan fingerprint density at radius 2 is 1.62 bits per heavy atom. The summed E-state index contributed by atoms with van der Waals surface area (Å²) < 4.78 is 0. The maximum absolute atomic E-state index is 2.25. The van der Waals surface area contributed by atoms with Gasteiger partial charge in [-0.15, -0.1) is 0 Å². The van der Waals surface area contributed by atoms with Crippen molar-refractivity contribution in [1.29, 1.82) is 0 Å². The Bertz CT molecular complexity index is 339. The highest BCUT2D eigenvalue weighted by atomic mass is 14.0. The summed E-state index contributed by atoms with van der Waals surface area (Å²) in [7, 11) is 0. The average molecular weight is 168 g/mol. The Hall–Kier alpha value is -1.56. The summed E-state index contributed by atoms with van der Waals surface area (Å²) in [6.07, 6.45) is 11.7. The van der Waals surface area contributed by atoms with Gasteiger partial charge in [0.05, 0.1) is 0 Å². The van der Waals surface area contributed by atoms with Crippen LogP contribution in [0.2, 0.25) is 0 Å². The van der Waals surface area contributed by atoms with Crippen LogP contribution in [0.3, 0.4) is 0 Å². The summed E-state index contributed by atoms with van der Waals surface area (Å²) in [5.74, 6) is 0. The molecule has 0 nitrogen and oxygen atoms in total. The molecule has 1 aliphatic rings. The van der Waals surface area contributed by atoms with Gasteiger partial charge in [-0.05, 0) is 17.6 Å². The van der Waals surface area contributed by atoms with Gasteiger partial charge in [0.15, 0.2) is 0 Å². The first-order chi connectivity index (χ1) is 6.45. The first kappa shape index (κ1) is 8.06. The van der Waals surface area contributed by atoms with E-state index in [2.05, 4.69) is 54.6 Å². The molecular formula is C13H12. The van der Waals surface area contributed by atoms with E-state index in [0.29, 0.717) is 0 Å². The van der Waals surface area contributed by atoms with Crippen molar-refractivity contribution in [2.24, 2.45) is 0 Å². The molecule has 0 saturated heterocycles. The minimum absolute atomic E-state index is 1.02. The monoisotopic (exact) mass is 168 g/mol. The lowest BCUT2D eigenvalue weighted by Gasteiger charge is -1.95. The third-order valence-electron chi connectivity index (χ3n) is 2.10. The number of hydrogen-bond acceptors (Lipinski definition) is 0. The van der Waals surface area contributed by atoms with Crippen molar-refractivity contribution >= 4 is 0 Å². The van der Waals surface area contributed by atoms with E-state index in [1.165, 1.54) is 11.1 Å². The van der Waals surface area contributed by atoms with E-state index in [1.54, 1.807) is 0 Å². The predicted octanol–water partition coefficient (Wildman–Crippen LogP) is 3.28. The molecule has 1 aliphatic carbocycles. The van der Waals surface area contributed by atoms with Gasteiger partial charge < -0.3 is 0 Å². The molecule has 0 amide bonds. The van der Waals surface area contributed by atoms with Crippen LogP contribution in [-0.2, 0) is 6.42 Å². The highest BCUT2D eigenvalue weighted by molar-refractivity contribution is 5.40. The Kier molecular flexibility index (Phi) is 2.42. The zero-order valence-electron chi connectivity index (χ0n) is 7.48. The molecule has 1 aromatic rings. The molecule has 0 fully saturated rings. The summed E-state index contributed by atoms with van der Waals surface area (Å²) in [5, 5.41) is 0. The van der Waals surface area contributed by atoms with E-state index in [9.17, 15) is 0 Å². The van der Waals surface area contributed by atoms with E-state index < -0.39 is 0 Å². The molecule has 0 bridgehead atoms. The van der Waals surface area contributed by atoms with Crippen LogP contribution in [0.4, 0.5) is 0 Å². The number of benzene rings is 1. The molecule has 1 aromatic carbocycles. The largest absolute Gasteiger partial charge is 0.0729 e. The third kappa shape index (κ3) is 2.19. The Labute approximate surface area is 78.9 Å². The molecule has 0 heterocycles. The molecule has 0 heteroatoms. The molecular weight excluding hydrogens is 156 g/mol. The van der Waals surface area contributed by atoms with Gasteiger partial charge in [0, 0.05) is 0 Å². The molecule has 0 spiro atoms. The fraction of sp³-hybridized carbons (Fsp3) is 0.0769. The van der Waals surface area contributed by atoms with Gasteiger partial charge in [0.25, 0.3) is 0 Å². The minimum atomic E-state index is 1.02. The van der Waals surface area contributed by atoms with E-state index >= 15 is 0 Å². The van der Waals surface area contributed by atoms with Crippen LogP contribution < -0.4 is 0 Å². The quantitative estimate of drug-likeness (QED) is 0.635. The second-order valence-electron chi connectivity index (χ2n) is 3.11. The van der Waals surface area contributed by atoms with Crippen LogP contribution in [0.15, 0.2) is 66.3 Å². The lowest BCUT2D eigenvalue weighted by atomic mass is 10.1. The zero-order chi connectivity index (χ0) is 8.93. The molecule has 0 unspecified atom stereocenters. The van der Waals surface area contributed by atoms with Crippen molar-refractivity contribution in [3.63, 3.8) is 0 Å². The molecule has 64 valence electrons. The molecule has 0 aromatic heterocycles. The molecule has 13 heavy (non-hydrogen) atoms. The zero-order valence-corrected chi connectivity index (χ0v) is 7.48. The molecule has 0 saturated carbocycles. The maximum Gasteiger partial charge on any atom is -0.00885 e. The van der Waals surface area contributed by atoms with Gasteiger partial charge in [0.2, 0.25) is 0 Å². The standard InChI is InChI=1S/C13H12/c1-2-6-12(7-3-1)10-11-13-8-4-5-9-13/h1-9,11H,10H2. The maximum atomic E-state index is 2.25. The first-order valence-corrected chi connectivity index (χ1v) is 4.54. The number of allylic oxidation sites excluding steroid dienone is 6. The highest BCUT2D eigenvalue weighted by Gasteiger charge is 1.91. The van der Waals surface area contributed by atoms with E-state index in [-0.39, 0.29) is 0 Å². The van der Waals surface area contributed by atoms with Gasteiger partial charge in [-0.3, -0.25) is 0 Å². The summed E-state index contributed by atoms with van der Waals surface area (Å²) in [5.41, 5.74) is 2.67. The third-order valence-corrected chi connectivity index (χ3v) is 2.10. The van der Waals surface area contributed by atoms with E-state index in [1.807, 2.05) is 6.07 Å². The minimum Gasteiger partial charge on any atom is -0.0729 e. The van der Waals surface area contributed by atoms with Crippen molar-refractivity contribution in [2.45, 2.75) is 6.42 Å². The lowest BCUT2D eigenvalue weighted by Crippen LogP contribution is -1.79. The molecule has 0 radical (unpaired) electrons. The van der Waals surface area contributed by atoms with Crippen molar-refractivity contribution in [2.75, 3.05) is 0 Å². The number of hydrogen-bond donors (Lipinski definition) is 0. The number of rotatable bonds is 2. The van der Waals surface area contributed by atoms with Crippen LogP contribution in [0, 0.1) is 0 Å². The Morgan fingerprint density at radius 3 is 2.31 bits per heavy atom. The van der Waals surface area contributed by atoms with Crippen molar-refractivity contribution in [3.8, 4) is 0 Å². The second-order valence-corrected chi connectivity index (χ2v) is 3.11. The summed E-state index contributed by atoms with van der Waals surface area (Å²) in [6.45, 7) is 0. The van der Waals surface area contributed by atoms with Gasteiger partial charge in [-0.25, -0.2) is 0 Å². The van der Waals surface area contributed by atoms with Crippen LogP contribution in [0.5, 0.6) is 0 Å². The Balaban J connectivity index is 2.04. The van der Waals surface area contributed by atoms with E-state index in [0.717, 1.165) is 6.42 Å². The van der Waals surface area contributed by atoms with Crippen molar-refractivity contribution in [3.05, 3.63) is 71.8 Å². The highest BCUT2D eigenvalue weighted by Crippen LogP contribution is 2.09. The second kappa shape index (κ2) is 3.90. The fourth-order valence-electron chi connectivity index (χ4n) is 1.37. The van der Waals surface area contributed by atoms with Crippen LogP contribution in [-0.4, -0.2) is 0 Å². The van der Waals surface area contributed by atoms with E-state index in [4.69, 9.17) is 0 Å². The molecule has 2 rings (SSSR count). The topological polar surface area (TPSA) is 0 Å². The predicted molar refractivity (Wildman–Crippen MR) is 56.5 cm³/mol. The average Bonchev–Trinajstić information content (AvgIpc) is 2.69. The van der Waals surface area contributed by atoms with Gasteiger partial charge in [0.1, 0.15) is 0 Å². The van der Waals surface area contributed by atoms with Crippen molar-refractivity contribution in [1.82, 2.24) is 0 Å². The smallest absolute Gasteiger partial charge is 0.00885 e. The molecule has 0 N–H and O–H groups in total. The summed E-state index contributed by atoms with van der Waals surface area (Å²) >= 11 is 0. The normalized spacial score (nSPS) is 13.7. The molecule has 0 aliphatic heterocycles. The first-order valence-electron chi connectivity index (χ1n) is 4.54. The SMILES string of the molecule is C1=CC(=CCc2ccccc2)C=C1. The van der Waals surface area contributed by atoms with Crippen LogP contribution in [0.1, 0.15) is 5.56 Å². The van der Waals surface area contributed by atoms with Crippen LogP contribution in [0.25, 0.3) is 0 Å². The van der Waals surface area contributed by atoms with Crippen LogP contribution >= 0.6 is 0 Å². The van der Waals surface area contributed by atoms with Gasteiger partial charge in [-0.1, -0.05) is 60.7 Å². The van der Waals surface area contributed by atoms with Crippen molar-refractivity contribution < 1.29 is 0 Å².